The van der Waals surface area contributed by atoms with Gasteiger partial charge in [0.15, 0.2) is 9.84 Å². The van der Waals surface area contributed by atoms with E-state index in [0.717, 1.165) is 22.5 Å². The van der Waals surface area contributed by atoms with E-state index in [-0.39, 0.29) is 17.4 Å². The predicted octanol–water partition coefficient (Wildman–Crippen LogP) is 4.09. The summed E-state index contributed by atoms with van der Waals surface area (Å²) in [6, 6.07) is 14.9. The molecule has 172 valence electrons. The summed E-state index contributed by atoms with van der Waals surface area (Å²) in [4.78, 5) is 14.9. The Morgan fingerprint density at radius 1 is 1.09 bits per heavy atom. The van der Waals surface area contributed by atoms with Crippen molar-refractivity contribution < 1.29 is 13.2 Å². The number of halogens is 1. The van der Waals surface area contributed by atoms with Crippen LogP contribution in [0.1, 0.15) is 40.4 Å². The second-order valence-corrected chi connectivity index (χ2v) is 11.5. The van der Waals surface area contributed by atoms with E-state index in [4.69, 9.17) is 11.6 Å². The lowest BCUT2D eigenvalue weighted by molar-refractivity contribution is 0.102. The number of rotatable bonds is 6. The fraction of sp³-hybridized carbons (Fsp3) is 0.333. The Kier molecular flexibility index (Phi) is 5.99. The maximum atomic E-state index is 12.8. The highest BCUT2D eigenvalue weighted by molar-refractivity contribution is 7.91. The molecule has 1 aromatic heterocycles. The third-order valence-corrected chi connectivity index (χ3v) is 8.16. The Morgan fingerprint density at radius 2 is 1.82 bits per heavy atom. The molecular weight excluding hydrogens is 460 g/mol. The van der Waals surface area contributed by atoms with E-state index in [1.807, 2.05) is 29.2 Å². The van der Waals surface area contributed by atoms with Gasteiger partial charge in [-0.1, -0.05) is 23.7 Å². The van der Waals surface area contributed by atoms with Gasteiger partial charge >= 0.3 is 0 Å². The van der Waals surface area contributed by atoms with Crippen LogP contribution < -0.4 is 5.32 Å². The van der Waals surface area contributed by atoms with Crippen LogP contribution in [-0.4, -0.2) is 54.0 Å². The monoisotopic (exact) mass is 484 g/mol. The van der Waals surface area contributed by atoms with Crippen molar-refractivity contribution >= 4 is 33.0 Å². The van der Waals surface area contributed by atoms with Gasteiger partial charge in [-0.3, -0.25) is 14.8 Å². The normalized spacial score (nSPS) is 18.2. The molecule has 1 aliphatic heterocycles. The minimum absolute atomic E-state index is 0.154. The zero-order valence-corrected chi connectivity index (χ0v) is 19.6. The quantitative estimate of drug-likeness (QED) is 0.549. The molecule has 1 amide bonds. The molecule has 0 atom stereocenters. The van der Waals surface area contributed by atoms with E-state index in [9.17, 15) is 13.2 Å². The largest absolute Gasteiger partial charge is 0.322 e. The number of carbonyl (C=O) groups is 1. The highest BCUT2D eigenvalue weighted by atomic mass is 35.5. The number of hydrogen-bond donors (Lipinski definition) is 2. The van der Waals surface area contributed by atoms with Crippen LogP contribution in [0.3, 0.4) is 0 Å². The molecule has 0 radical (unpaired) electrons. The van der Waals surface area contributed by atoms with Gasteiger partial charge in [-0.05, 0) is 60.4 Å². The Hall–Kier alpha value is -2.68. The van der Waals surface area contributed by atoms with Gasteiger partial charge in [0.05, 0.1) is 22.9 Å². The molecule has 5 rings (SSSR count). The Morgan fingerprint density at radius 3 is 2.52 bits per heavy atom. The van der Waals surface area contributed by atoms with Crippen molar-refractivity contribution in [3.8, 4) is 11.3 Å². The van der Waals surface area contributed by atoms with Crippen molar-refractivity contribution in [2.75, 3.05) is 29.9 Å². The van der Waals surface area contributed by atoms with E-state index in [1.165, 1.54) is 12.8 Å². The number of sulfone groups is 1. The number of nitrogens with one attached hydrogen (secondary N) is 2. The van der Waals surface area contributed by atoms with Crippen molar-refractivity contribution in [3.63, 3.8) is 0 Å². The van der Waals surface area contributed by atoms with Gasteiger partial charge in [0, 0.05) is 41.8 Å². The molecule has 9 heteroatoms. The van der Waals surface area contributed by atoms with Gasteiger partial charge in [-0.25, -0.2) is 8.42 Å². The fourth-order valence-electron chi connectivity index (χ4n) is 4.00. The van der Waals surface area contributed by atoms with Crippen LogP contribution in [0.2, 0.25) is 5.02 Å². The smallest absolute Gasteiger partial charge is 0.255 e. The highest BCUT2D eigenvalue weighted by Crippen LogP contribution is 2.40. The maximum Gasteiger partial charge on any atom is 0.255 e. The second-order valence-electron chi connectivity index (χ2n) is 8.75. The molecule has 33 heavy (non-hydrogen) atoms. The van der Waals surface area contributed by atoms with Crippen molar-refractivity contribution in [1.29, 1.82) is 0 Å². The van der Waals surface area contributed by atoms with Crippen LogP contribution in [0.25, 0.3) is 11.3 Å². The molecule has 1 saturated heterocycles. The average Bonchev–Trinajstić information content (AvgIpc) is 3.54. The van der Waals surface area contributed by atoms with Crippen LogP contribution in [0.5, 0.6) is 0 Å². The first-order valence-electron chi connectivity index (χ1n) is 11.0. The molecule has 0 spiro atoms. The van der Waals surface area contributed by atoms with Crippen LogP contribution in [0, 0.1) is 0 Å². The van der Waals surface area contributed by atoms with E-state index < -0.39 is 9.84 Å². The summed E-state index contributed by atoms with van der Waals surface area (Å²) < 4.78 is 23.3. The number of anilines is 1. The summed E-state index contributed by atoms with van der Waals surface area (Å²) in [6.07, 6.45) is 2.42. The third-order valence-electron chi connectivity index (χ3n) is 6.19. The second kappa shape index (κ2) is 8.93. The zero-order valence-electron chi connectivity index (χ0n) is 18.1. The Labute approximate surface area is 198 Å². The number of H-pyrrole nitrogens is 1. The van der Waals surface area contributed by atoms with Gasteiger partial charge in [-0.2, -0.15) is 5.10 Å². The van der Waals surface area contributed by atoms with Crippen molar-refractivity contribution in [1.82, 2.24) is 15.1 Å². The first-order chi connectivity index (χ1) is 15.9. The Balaban J connectivity index is 1.24. The summed E-state index contributed by atoms with van der Waals surface area (Å²) in [6.45, 7) is 1.46. The molecule has 0 unspecified atom stereocenters. The molecule has 1 saturated carbocycles. The summed E-state index contributed by atoms with van der Waals surface area (Å²) in [5, 5.41) is 11.0. The van der Waals surface area contributed by atoms with Gasteiger partial charge in [-0.15, -0.1) is 0 Å². The molecule has 2 heterocycles. The number of carbonyl (C=O) groups excluding carboxylic acids is 1. The maximum absolute atomic E-state index is 12.8. The average molecular weight is 485 g/mol. The van der Waals surface area contributed by atoms with Crippen LogP contribution in [0.15, 0.2) is 48.5 Å². The number of hydrogen-bond acceptors (Lipinski definition) is 5. The summed E-state index contributed by atoms with van der Waals surface area (Å²) >= 11 is 6.35. The lowest BCUT2D eigenvalue weighted by Crippen LogP contribution is -2.39. The van der Waals surface area contributed by atoms with Crippen molar-refractivity contribution in [2.24, 2.45) is 0 Å². The number of aromatic nitrogens is 2. The summed E-state index contributed by atoms with van der Waals surface area (Å²) in [5.74, 6) is 0.683. The minimum atomic E-state index is -2.94. The van der Waals surface area contributed by atoms with Crippen molar-refractivity contribution in [3.05, 3.63) is 70.4 Å². The highest BCUT2D eigenvalue weighted by Gasteiger charge is 2.26. The topological polar surface area (TPSA) is 95.2 Å². The Bertz CT molecular complexity index is 1270. The molecule has 7 nitrogen and oxygen atoms in total. The number of nitrogens with zero attached hydrogens (tertiary/aromatic N) is 2. The van der Waals surface area contributed by atoms with E-state index in [1.54, 1.807) is 18.2 Å². The standard InChI is InChI=1S/C24H25ClN4O3S/c25-21-8-5-18(13-19(21)15-29-9-11-33(31,32)12-10-29)24(30)26-20-6-3-17(4-7-20)23-14-22(27-28-23)16-1-2-16/h3-8,13-14,16H,1-2,9-12,15H2,(H,26,30)(H,27,28). The number of aromatic amines is 1. The zero-order chi connectivity index (χ0) is 23.0. The lowest BCUT2D eigenvalue weighted by atomic mass is 10.1. The first-order valence-corrected chi connectivity index (χ1v) is 13.2. The minimum Gasteiger partial charge on any atom is -0.322 e. The molecule has 0 bridgehead atoms. The molecule has 2 aliphatic rings. The van der Waals surface area contributed by atoms with Crippen LogP contribution in [0.4, 0.5) is 5.69 Å². The summed E-state index contributed by atoms with van der Waals surface area (Å²) in [7, 11) is -2.94. The SMILES string of the molecule is O=C(Nc1ccc(-c2cc(C3CC3)n[nH]2)cc1)c1ccc(Cl)c(CN2CCS(=O)(=O)CC2)c1. The van der Waals surface area contributed by atoms with Crippen molar-refractivity contribution in [2.45, 2.75) is 25.3 Å². The van der Waals surface area contributed by atoms with Crippen LogP contribution in [-0.2, 0) is 16.4 Å². The van der Waals surface area contributed by atoms with Gasteiger partial charge in [0.25, 0.3) is 5.91 Å². The van der Waals surface area contributed by atoms with Gasteiger partial charge in [0.2, 0.25) is 0 Å². The molecular formula is C24H25ClN4O3S. The fourth-order valence-corrected chi connectivity index (χ4v) is 5.45. The lowest BCUT2D eigenvalue weighted by Gasteiger charge is -2.27. The van der Waals surface area contributed by atoms with E-state index in [2.05, 4.69) is 21.6 Å². The molecule has 2 N–H and O–H groups in total. The molecule has 1 aliphatic carbocycles. The molecule has 3 aromatic rings. The van der Waals surface area contributed by atoms with Gasteiger partial charge in [0.1, 0.15) is 0 Å². The number of benzene rings is 2. The van der Waals surface area contributed by atoms with Crippen LogP contribution >= 0.6 is 11.6 Å². The molecule has 2 fully saturated rings. The molecule has 2 aromatic carbocycles. The van der Waals surface area contributed by atoms with E-state index >= 15 is 0 Å². The first kappa shape index (κ1) is 22.1. The predicted molar refractivity (Wildman–Crippen MR) is 129 cm³/mol. The third kappa shape index (κ3) is 5.29. The van der Waals surface area contributed by atoms with Gasteiger partial charge < -0.3 is 5.32 Å². The van der Waals surface area contributed by atoms with E-state index in [0.29, 0.717) is 41.8 Å². The number of amides is 1. The summed E-state index contributed by atoms with van der Waals surface area (Å²) in [5.41, 5.74) is 5.12.